The molecular formula is C9H15N3O2S2. The SMILES string of the molecule is CC1CN(S(=O)(=O)c2ccn[nH]2)CC(C)S1. The summed E-state index contributed by atoms with van der Waals surface area (Å²) in [6, 6.07) is 1.49. The summed E-state index contributed by atoms with van der Waals surface area (Å²) in [5.74, 6) is 0. The van der Waals surface area contributed by atoms with Crippen molar-refractivity contribution >= 4 is 21.8 Å². The number of hydrogen-bond donors (Lipinski definition) is 1. The van der Waals surface area contributed by atoms with Crippen LogP contribution in [-0.2, 0) is 10.0 Å². The molecule has 2 heterocycles. The fourth-order valence-electron chi connectivity index (χ4n) is 1.85. The van der Waals surface area contributed by atoms with Crippen molar-refractivity contribution in [3.05, 3.63) is 12.3 Å². The Kier molecular flexibility index (Phi) is 3.27. The molecule has 0 aliphatic carbocycles. The molecule has 0 bridgehead atoms. The quantitative estimate of drug-likeness (QED) is 0.860. The van der Waals surface area contributed by atoms with Gasteiger partial charge in [-0.2, -0.15) is 21.2 Å². The van der Waals surface area contributed by atoms with Crippen LogP contribution < -0.4 is 0 Å². The van der Waals surface area contributed by atoms with Crippen molar-refractivity contribution in [1.29, 1.82) is 0 Å². The largest absolute Gasteiger partial charge is 0.266 e. The van der Waals surface area contributed by atoms with Crippen LogP contribution in [0.25, 0.3) is 0 Å². The lowest BCUT2D eigenvalue weighted by atomic mass is 10.4. The van der Waals surface area contributed by atoms with Gasteiger partial charge in [-0.15, -0.1) is 0 Å². The maximum Gasteiger partial charge on any atom is 0.260 e. The van der Waals surface area contributed by atoms with Crippen LogP contribution in [0, 0.1) is 0 Å². The van der Waals surface area contributed by atoms with E-state index in [2.05, 4.69) is 24.0 Å². The fourth-order valence-corrected chi connectivity index (χ4v) is 4.89. The monoisotopic (exact) mass is 261 g/mol. The van der Waals surface area contributed by atoms with Crippen LogP contribution in [0.15, 0.2) is 17.3 Å². The average molecular weight is 261 g/mol. The fraction of sp³-hybridized carbons (Fsp3) is 0.667. The number of hydrogen-bond acceptors (Lipinski definition) is 4. The summed E-state index contributed by atoms with van der Waals surface area (Å²) >= 11 is 1.83. The van der Waals surface area contributed by atoms with Gasteiger partial charge in [0.15, 0.2) is 5.03 Å². The first-order chi connectivity index (χ1) is 7.50. The van der Waals surface area contributed by atoms with E-state index in [1.54, 1.807) is 0 Å². The molecular weight excluding hydrogens is 246 g/mol. The smallest absolute Gasteiger partial charge is 0.260 e. The van der Waals surface area contributed by atoms with Crippen LogP contribution in [0.5, 0.6) is 0 Å². The standard InChI is InChI=1S/C9H15N3O2S2/c1-7-5-12(6-8(2)15-7)16(13,14)9-3-4-10-11-9/h3-4,7-8H,5-6H2,1-2H3,(H,10,11). The van der Waals surface area contributed by atoms with Crippen LogP contribution in [0.4, 0.5) is 0 Å². The molecule has 5 nitrogen and oxygen atoms in total. The van der Waals surface area contributed by atoms with E-state index in [9.17, 15) is 8.42 Å². The maximum atomic E-state index is 12.2. The maximum absolute atomic E-state index is 12.2. The highest BCUT2D eigenvalue weighted by molar-refractivity contribution is 8.00. The third-order valence-electron chi connectivity index (χ3n) is 2.48. The van der Waals surface area contributed by atoms with Gasteiger partial charge in [0.25, 0.3) is 10.0 Å². The van der Waals surface area contributed by atoms with E-state index in [1.165, 1.54) is 16.6 Å². The van der Waals surface area contributed by atoms with E-state index < -0.39 is 10.0 Å². The molecule has 1 fully saturated rings. The van der Waals surface area contributed by atoms with Crippen LogP contribution >= 0.6 is 11.8 Å². The molecule has 2 atom stereocenters. The van der Waals surface area contributed by atoms with Gasteiger partial charge in [-0.3, -0.25) is 5.10 Å². The molecule has 0 spiro atoms. The number of H-pyrrole nitrogens is 1. The summed E-state index contributed by atoms with van der Waals surface area (Å²) in [7, 11) is -3.38. The first-order valence-corrected chi connectivity index (χ1v) is 7.53. The normalized spacial score (nSPS) is 28.1. The Balaban J connectivity index is 2.24. The summed E-state index contributed by atoms with van der Waals surface area (Å²) in [4.78, 5) is 0. The van der Waals surface area contributed by atoms with E-state index in [4.69, 9.17) is 0 Å². The molecule has 90 valence electrons. The van der Waals surface area contributed by atoms with E-state index in [1.807, 2.05) is 11.8 Å². The average Bonchev–Trinajstić information content (AvgIpc) is 2.69. The highest BCUT2D eigenvalue weighted by Crippen LogP contribution is 2.28. The highest BCUT2D eigenvalue weighted by atomic mass is 32.2. The predicted octanol–water partition coefficient (Wildman–Crippen LogP) is 0.924. The van der Waals surface area contributed by atoms with Gasteiger partial charge in [0.2, 0.25) is 0 Å². The molecule has 1 aromatic heterocycles. The van der Waals surface area contributed by atoms with Gasteiger partial charge < -0.3 is 0 Å². The molecule has 0 amide bonds. The summed E-state index contributed by atoms with van der Waals surface area (Å²) in [5.41, 5.74) is 0. The van der Waals surface area contributed by atoms with Gasteiger partial charge in [-0.25, -0.2) is 8.42 Å². The van der Waals surface area contributed by atoms with Crippen molar-refractivity contribution in [3.8, 4) is 0 Å². The lowest BCUT2D eigenvalue weighted by Crippen LogP contribution is -2.44. The van der Waals surface area contributed by atoms with Gasteiger partial charge in [-0.05, 0) is 6.07 Å². The van der Waals surface area contributed by atoms with Crippen LogP contribution in [0.3, 0.4) is 0 Å². The summed E-state index contributed by atoms with van der Waals surface area (Å²) in [6.07, 6.45) is 1.46. The Morgan fingerprint density at radius 2 is 2.06 bits per heavy atom. The summed E-state index contributed by atoms with van der Waals surface area (Å²) in [5, 5.41) is 7.05. The molecule has 1 saturated heterocycles. The Labute approximate surface area is 99.7 Å². The van der Waals surface area contributed by atoms with E-state index in [0.29, 0.717) is 23.6 Å². The minimum atomic E-state index is -3.38. The molecule has 2 rings (SSSR count). The number of aromatic amines is 1. The Bertz CT molecular complexity index is 433. The predicted molar refractivity (Wildman–Crippen MR) is 63.9 cm³/mol. The molecule has 7 heteroatoms. The number of thioether (sulfide) groups is 1. The lowest BCUT2D eigenvalue weighted by Gasteiger charge is -2.33. The van der Waals surface area contributed by atoms with Gasteiger partial charge in [0, 0.05) is 23.6 Å². The van der Waals surface area contributed by atoms with Crippen LogP contribution in [-0.4, -0.2) is 46.5 Å². The van der Waals surface area contributed by atoms with Crippen molar-refractivity contribution in [1.82, 2.24) is 14.5 Å². The summed E-state index contributed by atoms with van der Waals surface area (Å²) < 4.78 is 25.9. The number of nitrogens with zero attached hydrogens (tertiary/aromatic N) is 2. The number of rotatable bonds is 2. The van der Waals surface area contributed by atoms with Crippen LogP contribution in [0.1, 0.15) is 13.8 Å². The Morgan fingerprint density at radius 3 is 2.56 bits per heavy atom. The zero-order valence-corrected chi connectivity index (χ0v) is 10.9. The molecule has 0 saturated carbocycles. The third-order valence-corrected chi connectivity index (χ3v) is 5.47. The van der Waals surface area contributed by atoms with E-state index in [0.717, 1.165) is 0 Å². The molecule has 0 radical (unpaired) electrons. The molecule has 0 aromatic carbocycles. The van der Waals surface area contributed by atoms with Crippen molar-refractivity contribution in [2.75, 3.05) is 13.1 Å². The Morgan fingerprint density at radius 1 is 1.44 bits per heavy atom. The van der Waals surface area contributed by atoms with Crippen molar-refractivity contribution in [2.24, 2.45) is 0 Å². The minimum absolute atomic E-state index is 0.179. The third kappa shape index (κ3) is 2.26. The zero-order valence-electron chi connectivity index (χ0n) is 9.25. The van der Waals surface area contributed by atoms with Crippen molar-refractivity contribution < 1.29 is 8.42 Å². The van der Waals surface area contributed by atoms with Crippen LogP contribution in [0.2, 0.25) is 0 Å². The molecule has 2 unspecified atom stereocenters. The first-order valence-electron chi connectivity index (χ1n) is 5.15. The zero-order chi connectivity index (χ0) is 11.8. The second-order valence-electron chi connectivity index (χ2n) is 4.00. The molecule has 1 aliphatic heterocycles. The molecule has 1 aromatic rings. The van der Waals surface area contributed by atoms with E-state index in [-0.39, 0.29) is 5.03 Å². The summed E-state index contributed by atoms with van der Waals surface area (Å²) in [6.45, 7) is 5.23. The highest BCUT2D eigenvalue weighted by Gasteiger charge is 2.32. The molecule has 16 heavy (non-hydrogen) atoms. The molecule has 1 N–H and O–H groups in total. The minimum Gasteiger partial charge on any atom is -0.266 e. The van der Waals surface area contributed by atoms with Crippen molar-refractivity contribution in [3.63, 3.8) is 0 Å². The number of nitrogens with one attached hydrogen (secondary N) is 1. The topological polar surface area (TPSA) is 66.1 Å². The first kappa shape index (κ1) is 11.9. The van der Waals surface area contributed by atoms with Gasteiger partial charge in [-0.1, -0.05) is 13.8 Å². The van der Waals surface area contributed by atoms with Gasteiger partial charge in [0.1, 0.15) is 0 Å². The number of sulfonamides is 1. The van der Waals surface area contributed by atoms with Gasteiger partial charge in [0.05, 0.1) is 6.20 Å². The van der Waals surface area contributed by atoms with E-state index >= 15 is 0 Å². The second-order valence-corrected chi connectivity index (χ2v) is 7.79. The van der Waals surface area contributed by atoms with Gasteiger partial charge >= 0.3 is 0 Å². The number of aromatic nitrogens is 2. The Hall–Kier alpha value is -0.530. The molecule has 1 aliphatic rings. The second kappa shape index (κ2) is 4.38. The lowest BCUT2D eigenvalue weighted by molar-refractivity contribution is 0.403. The van der Waals surface area contributed by atoms with Crippen molar-refractivity contribution in [2.45, 2.75) is 29.4 Å².